The van der Waals surface area contributed by atoms with Crippen molar-refractivity contribution in [2.45, 2.75) is 0 Å². The zero-order chi connectivity index (χ0) is 12.0. The van der Waals surface area contributed by atoms with Gasteiger partial charge in [0.2, 0.25) is 0 Å². The molecular weight excluding hydrogens is 304 g/mol. The highest BCUT2D eigenvalue weighted by molar-refractivity contribution is 9.10. The van der Waals surface area contributed by atoms with Crippen molar-refractivity contribution in [3.63, 3.8) is 0 Å². The lowest BCUT2D eigenvalue weighted by molar-refractivity contribution is 0.0595. The molecule has 0 spiro atoms. The molecule has 0 N–H and O–H groups in total. The molecule has 86 valence electrons. The number of benzene rings is 1. The molecule has 0 aliphatic carbocycles. The SMILES string of the molecule is COC(=O)c1cn2c(n1)sc1cc(Br)ccc12. The summed E-state index contributed by atoms with van der Waals surface area (Å²) in [4.78, 5) is 16.4. The molecule has 0 aliphatic rings. The number of aromatic nitrogens is 2. The zero-order valence-electron chi connectivity index (χ0n) is 8.81. The molecule has 1 aromatic carbocycles. The van der Waals surface area contributed by atoms with Crippen molar-refractivity contribution in [3.05, 3.63) is 34.6 Å². The first kappa shape index (κ1) is 10.7. The maximum absolute atomic E-state index is 11.4. The van der Waals surface area contributed by atoms with Crippen LogP contribution in [-0.4, -0.2) is 22.5 Å². The molecule has 3 rings (SSSR count). The van der Waals surface area contributed by atoms with Crippen LogP contribution in [0.4, 0.5) is 0 Å². The number of carbonyl (C=O) groups excluding carboxylic acids is 1. The molecule has 4 nitrogen and oxygen atoms in total. The fourth-order valence-corrected chi connectivity index (χ4v) is 3.24. The minimum atomic E-state index is -0.411. The summed E-state index contributed by atoms with van der Waals surface area (Å²) >= 11 is 4.97. The lowest BCUT2D eigenvalue weighted by atomic mass is 10.3. The van der Waals surface area contributed by atoms with Gasteiger partial charge in [-0.1, -0.05) is 27.3 Å². The van der Waals surface area contributed by atoms with Crippen LogP contribution in [0.2, 0.25) is 0 Å². The van der Waals surface area contributed by atoms with Crippen molar-refractivity contribution in [3.8, 4) is 0 Å². The van der Waals surface area contributed by atoms with E-state index in [4.69, 9.17) is 0 Å². The number of nitrogens with zero attached hydrogens (tertiary/aromatic N) is 2. The number of methoxy groups -OCH3 is 1. The normalized spacial score (nSPS) is 11.2. The molecule has 6 heteroatoms. The van der Waals surface area contributed by atoms with Gasteiger partial charge in [0.15, 0.2) is 10.7 Å². The van der Waals surface area contributed by atoms with Crippen LogP contribution in [0.15, 0.2) is 28.9 Å². The van der Waals surface area contributed by atoms with Crippen LogP contribution >= 0.6 is 27.3 Å². The van der Waals surface area contributed by atoms with E-state index < -0.39 is 5.97 Å². The Hall–Kier alpha value is -1.40. The number of hydrogen-bond donors (Lipinski definition) is 0. The summed E-state index contributed by atoms with van der Waals surface area (Å²) in [5, 5.41) is 0. The Morgan fingerprint density at radius 2 is 2.35 bits per heavy atom. The second-order valence-electron chi connectivity index (χ2n) is 3.48. The predicted octanol–water partition coefficient (Wildman–Crippen LogP) is 3.10. The summed E-state index contributed by atoms with van der Waals surface area (Å²) in [6.45, 7) is 0. The molecule has 17 heavy (non-hydrogen) atoms. The monoisotopic (exact) mass is 310 g/mol. The number of carbonyl (C=O) groups is 1. The van der Waals surface area contributed by atoms with Crippen molar-refractivity contribution in [2.24, 2.45) is 0 Å². The van der Waals surface area contributed by atoms with Crippen molar-refractivity contribution in [1.29, 1.82) is 0 Å². The predicted molar refractivity (Wildman–Crippen MR) is 69.6 cm³/mol. The van der Waals surface area contributed by atoms with Gasteiger partial charge in [0, 0.05) is 10.7 Å². The molecule has 0 unspecified atom stereocenters. The third-order valence-electron chi connectivity index (χ3n) is 2.45. The maximum atomic E-state index is 11.4. The van der Waals surface area contributed by atoms with Crippen LogP contribution in [0.1, 0.15) is 10.5 Å². The number of fused-ring (bicyclic) bond motifs is 3. The molecule has 3 aromatic rings. The molecule has 0 saturated carbocycles. The average Bonchev–Trinajstić information content (AvgIpc) is 2.84. The molecule has 0 atom stereocenters. The first-order chi connectivity index (χ1) is 8.19. The van der Waals surface area contributed by atoms with Crippen LogP contribution in [0.25, 0.3) is 15.2 Å². The highest BCUT2D eigenvalue weighted by Crippen LogP contribution is 2.28. The largest absolute Gasteiger partial charge is 0.464 e. The van der Waals surface area contributed by atoms with Crippen LogP contribution in [0, 0.1) is 0 Å². The number of imidazole rings is 1. The van der Waals surface area contributed by atoms with Gasteiger partial charge in [-0.05, 0) is 18.2 Å². The molecule has 0 bridgehead atoms. The van der Waals surface area contributed by atoms with Gasteiger partial charge in [0.1, 0.15) is 0 Å². The van der Waals surface area contributed by atoms with Crippen LogP contribution in [-0.2, 0) is 4.74 Å². The highest BCUT2D eigenvalue weighted by Gasteiger charge is 2.14. The number of hydrogen-bond acceptors (Lipinski definition) is 4. The van der Waals surface area contributed by atoms with Gasteiger partial charge in [0.05, 0.1) is 17.3 Å². The zero-order valence-corrected chi connectivity index (χ0v) is 11.2. The first-order valence-electron chi connectivity index (χ1n) is 4.84. The van der Waals surface area contributed by atoms with Crippen molar-refractivity contribution < 1.29 is 9.53 Å². The summed E-state index contributed by atoms with van der Waals surface area (Å²) in [5.74, 6) is -0.411. The molecule has 2 aromatic heterocycles. The summed E-state index contributed by atoms with van der Waals surface area (Å²) < 4.78 is 8.70. The summed E-state index contributed by atoms with van der Waals surface area (Å²) in [7, 11) is 1.35. The Morgan fingerprint density at radius 1 is 1.53 bits per heavy atom. The molecule has 0 radical (unpaired) electrons. The van der Waals surface area contributed by atoms with Crippen LogP contribution < -0.4 is 0 Å². The van der Waals surface area contributed by atoms with Gasteiger partial charge >= 0.3 is 5.97 Å². The minimum absolute atomic E-state index is 0.337. The van der Waals surface area contributed by atoms with Gasteiger partial charge in [-0.3, -0.25) is 4.40 Å². The quantitative estimate of drug-likeness (QED) is 0.649. The number of rotatable bonds is 1. The lowest BCUT2D eigenvalue weighted by Gasteiger charge is -1.93. The van der Waals surface area contributed by atoms with Gasteiger partial charge in [-0.2, -0.15) is 0 Å². The van der Waals surface area contributed by atoms with Gasteiger partial charge in [0.25, 0.3) is 0 Å². The number of thiazole rings is 1. The number of ether oxygens (including phenoxy) is 1. The van der Waals surface area contributed by atoms with Crippen molar-refractivity contribution in [1.82, 2.24) is 9.38 Å². The van der Waals surface area contributed by atoms with E-state index in [0.29, 0.717) is 5.69 Å². The third-order valence-corrected chi connectivity index (χ3v) is 3.96. The highest BCUT2D eigenvalue weighted by atomic mass is 79.9. The van der Waals surface area contributed by atoms with Gasteiger partial charge < -0.3 is 4.74 Å². The average molecular weight is 311 g/mol. The fourth-order valence-electron chi connectivity index (χ4n) is 1.68. The van der Waals surface area contributed by atoms with Crippen LogP contribution in [0.3, 0.4) is 0 Å². The second kappa shape index (κ2) is 3.82. The van der Waals surface area contributed by atoms with Gasteiger partial charge in [-0.25, -0.2) is 9.78 Å². The van der Waals surface area contributed by atoms with E-state index >= 15 is 0 Å². The van der Waals surface area contributed by atoms with E-state index in [-0.39, 0.29) is 0 Å². The molecule has 0 fully saturated rings. The van der Waals surface area contributed by atoms with Crippen LogP contribution in [0.5, 0.6) is 0 Å². The molecular formula is C11H7BrN2O2S. The van der Waals surface area contributed by atoms with E-state index in [9.17, 15) is 4.79 Å². The van der Waals surface area contributed by atoms with Crippen molar-refractivity contribution in [2.75, 3.05) is 7.11 Å². The van der Waals surface area contributed by atoms with E-state index in [1.807, 2.05) is 22.6 Å². The fraction of sp³-hybridized carbons (Fsp3) is 0.0909. The molecule has 0 aliphatic heterocycles. The minimum Gasteiger partial charge on any atom is -0.464 e. The number of halogens is 1. The summed E-state index contributed by atoms with van der Waals surface area (Å²) in [6.07, 6.45) is 1.70. The smallest absolute Gasteiger partial charge is 0.358 e. The maximum Gasteiger partial charge on any atom is 0.358 e. The standard InChI is InChI=1S/C11H7BrN2O2S/c1-16-10(15)7-5-14-8-3-2-6(12)4-9(8)17-11(14)13-7/h2-5H,1H3. The lowest BCUT2D eigenvalue weighted by Crippen LogP contribution is -2.00. The van der Waals surface area contributed by atoms with Crippen molar-refractivity contribution >= 4 is 48.4 Å². The molecule has 0 amide bonds. The van der Waals surface area contributed by atoms with E-state index in [0.717, 1.165) is 19.7 Å². The van der Waals surface area contributed by atoms with E-state index in [1.54, 1.807) is 6.20 Å². The Labute approximate surface area is 109 Å². The Bertz CT molecular complexity index is 732. The first-order valence-corrected chi connectivity index (χ1v) is 6.45. The summed E-state index contributed by atoms with van der Waals surface area (Å²) in [6, 6.07) is 5.99. The topological polar surface area (TPSA) is 43.6 Å². The Kier molecular flexibility index (Phi) is 2.41. The molecule has 2 heterocycles. The number of esters is 1. The second-order valence-corrected chi connectivity index (χ2v) is 5.41. The van der Waals surface area contributed by atoms with Gasteiger partial charge in [-0.15, -0.1) is 0 Å². The summed E-state index contributed by atoms with van der Waals surface area (Å²) in [5.41, 5.74) is 1.37. The molecule has 0 saturated heterocycles. The van der Waals surface area contributed by atoms with E-state index in [2.05, 4.69) is 25.7 Å². The third kappa shape index (κ3) is 1.64. The Morgan fingerprint density at radius 3 is 3.12 bits per heavy atom. The van der Waals surface area contributed by atoms with E-state index in [1.165, 1.54) is 18.4 Å². The Balaban J connectivity index is 2.28.